The first kappa shape index (κ1) is 10.8. The first-order valence-electron chi connectivity index (χ1n) is 4.97. The molecule has 1 aliphatic carbocycles. The third-order valence-electron chi connectivity index (χ3n) is 3.33. The molecular weight excluding hydrogens is 184 g/mol. The van der Waals surface area contributed by atoms with Gasteiger partial charge in [-0.3, -0.25) is 0 Å². The predicted octanol–water partition coefficient (Wildman–Crippen LogP) is 3.52. The van der Waals surface area contributed by atoms with Crippen molar-refractivity contribution in [1.82, 2.24) is 0 Å². The van der Waals surface area contributed by atoms with Crippen LogP contribution < -0.4 is 0 Å². The Hall–Kier alpha value is -0.300. The minimum Gasteiger partial charge on any atom is -0.303 e. The highest BCUT2D eigenvalue weighted by Gasteiger charge is 2.36. The van der Waals surface area contributed by atoms with E-state index in [0.29, 0.717) is 5.92 Å². The molecule has 0 saturated heterocycles. The van der Waals surface area contributed by atoms with Crippen molar-refractivity contribution >= 4 is 17.9 Å². The lowest BCUT2D eigenvalue weighted by Gasteiger charge is -2.37. The van der Waals surface area contributed by atoms with Crippen LogP contribution in [0, 0.1) is 11.3 Å². The van der Waals surface area contributed by atoms with Crippen molar-refractivity contribution in [3.05, 3.63) is 11.6 Å². The van der Waals surface area contributed by atoms with Gasteiger partial charge >= 0.3 is 0 Å². The lowest BCUT2D eigenvalue weighted by molar-refractivity contribution is -0.120. The minimum absolute atomic E-state index is 0.121. The van der Waals surface area contributed by atoms with Gasteiger partial charge in [-0.15, -0.1) is 0 Å². The van der Waals surface area contributed by atoms with Crippen LogP contribution in [-0.2, 0) is 4.79 Å². The van der Waals surface area contributed by atoms with E-state index in [1.54, 1.807) is 0 Å². The summed E-state index contributed by atoms with van der Waals surface area (Å²) in [6, 6.07) is 0. The number of halogens is 1. The lowest BCUT2D eigenvalue weighted by atomic mass is 9.66. The van der Waals surface area contributed by atoms with Gasteiger partial charge in [-0.25, -0.2) is 0 Å². The third-order valence-corrected chi connectivity index (χ3v) is 3.51. The highest BCUT2D eigenvalue weighted by molar-refractivity contribution is 6.25. The van der Waals surface area contributed by atoms with Crippen LogP contribution in [-0.4, -0.2) is 6.29 Å². The quantitative estimate of drug-likeness (QED) is 0.638. The first-order chi connectivity index (χ1) is 6.25. The summed E-state index contributed by atoms with van der Waals surface area (Å²) in [5, 5.41) is 0. The molecule has 13 heavy (non-hydrogen) atoms. The van der Waals surface area contributed by atoms with E-state index in [4.69, 9.17) is 11.6 Å². The Kier molecular flexibility index (Phi) is 3.98. The van der Waals surface area contributed by atoms with Crippen molar-refractivity contribution in [1.29, 1.82) is 0 Å². The molecule has 0 bridgehead atoms. The highest BCUT2D eigenvalue weighted by Crippen LogP contribution is 2.42. The number of rotatable bonds is 3. The van der Waals surface area contributed by atoms with E-state index in [9.17, 15) is 4.79 Å². The van der Waals surface area contributed by atoms with Gasteiger partial charge in [0, 0.05) is 11.0 Å². The zero-order valence-electron chi connectivity index (χ0n) is 8.13. The summed E-state index contributed by atoms with van der Waals surface area (Å²) in [5.74, 6) is 0.506. The van der Waals surface area contributed by atoms with Gasteiger partial charge in [0.2, 0.25) is 0 Å². The fraction of sp³-hybridized carbons (Fsp3) is 0.727. The van der Waals surface area contributed by atoms with Crippen LogP contribution in [0.1, 0.15) is 39.0 Å². The number of carbonyl (C=O) groups excluding carboxylic acids is 1. The topological polar surface area (TPSA) is 17.1 Å². The minimum atomic E-state index is -0.121. The van der Waals surface area contributed by atoms with Crippen molar-refractivity contribution in [2.24, 2.45) is 11.3 Å². The molecule has 1 rings (SSSR count). The second kappa shape index (κ2) is 4.80. The SMILES string of the molecule is CC1CCCCC1(C=O)C/C=C/Cl. The molecule has 0 aromatic rings. The molecule has 1 nitrogen and oxygen atoms in total. The number of carbonyl (C=O) groups is 1. The van der Waals surface area contributed by atoms with Crippen LogP contribution >= 0.6 is 11.6 Å². The maximum Gasteiger partial charge on any atom is 0.126 e. The average Bonchev–Trinajstić information content (AvgIpc) is 2.17. The van der Waals surface area contributed by atoms with Gasteiger partial charge < -0.3 is 4.79 Å². The molecule has 0 spiro atoms. The van der Waals surface area contributed by atoms with Crippen molar-refractivity contribution in [3.8, 4) is 0 Å². The molecule has 0 heterocycles. The molecule has 0 radical (unpaired) electrons. The van der Waals surface area contributed by atoms with Gasteiger partial charge in [0.1, 0.15) is 6.29 Å². The van der Waals surface area contributed by atoms with E-state index in [1.165, 1.54) is 24.8 Å². The summed E-state index contributed by atoms with van der Waals surface area (Å²) in [6.07, 6.45) is 8.50. The van der Waals surface area contributed by atoms with Crippen molar-refractivity contribution in [2.75, 3.05) is 0 Å². The van der Waals surface area contributed by atoms with Gasteiger partial charge in [0.25, 0.3) is 0 Å². The summed E-state index contributed by atoms with van der Waals surface area (Å²) in [6.45, 7) is 2.18. The normalized spacial score (nSPS) is 35.1. The summed E-state index contributed by atoms with van der Waals surface area (Å²) in [7, 11) is 0. The molecule has 0 aliphatic heterocycles. The first-order valence-corrected chi connectivity index (χ1v) is 5.40. The van der Waals surface area contributed by atoms with Crippen molar-refractivity contribution in [2.45, 2.75) is 39.0 Å². The van der Waals surface area contributed by atoms with E-state index in [2.05, 4.69) is 6.92 Å². The molecule has 1 fully saturated rings. The van der Waals surface area contributed by atoms with Gasteiger partial charge in [0.05, 0.1) is 0 Å². The van der Waals surface area contributed by atoms with Gasteiger partial charge in [-0.2, -0.15) is 0 Å². The van der Waals surface area contributed by atoms with Crippen LogP contribution in [0.2, 0.25) is 0 Å². The summed E-state index contributed by atoms with van der Waals surface area (Å²) in [4.78, 5) is 11.1. The van der Waals surface area contributed by atoms with Crippen molar-refractivity contribution in [3.63, 3.8) is 0 Å². The number of hydrogen-bond donors (Lipinski definition) is 0. The predicted molar refractivity (Wildman–Crippen MR) is 55.7 cm³/mol. The number of allylic oxidation sites excluding steroid dienone is 1. The standard InChI is InChI=1S/C11H17ClO/c1-10-5-2-3-6-11(10,9-13)7-4-8-12/h4,8-10H,2-3,5-7H2,1H3/b8-4+. The largest absolute Gasteiger partial charge is 0.303 e. The molecule has 0 amide bonds. The molecule has 2 atom stereocenters. The van der Waals surface area contributed by atoms with Crippen LogP contribution in [0.15, 0.2) is 11.6 Å². The smallest absolute Gasteiger partial charge is 0.126 e. The maximum atomic E-state index is 11.1. The summed E-state index contributed by atoms with van der Waals surface area (Å²) in [5.41, 5.74) is 1.40. The maximum absolute atomic E-state index is 11.1. The zero-order chi connectivity index (χ0) is 9.73. The molecule has 1 aliphatic rings. The monoisotopic (exact) mass is 200 g/mol. The third kappa shape index (κ3) is 2.34. The molecule has 0 N–H and O–H groups in total. The van der Waals surface area contributed by atoms with Crippen LogP contribution in [0.4, 0.5) is 0 Å². The van der Waals surface area contributed by atoms with E-state index < -0.39 is 0 Å². The Labute approximate surface area is 85.2 Å². The van der Waals surface area contributed by atoms with E-state index in [1.807, 2.05) is 6.08 Å². The van der Waals surface area contributed by atoms with Gasteiger partial charge in [0.15, 0.2) is 0 Å². The van der Waals surface area contributed by atoms with E-state index in [0.717, 1.165) is 19.1 Å². The second-order valence-corrected chi connectivity index (χ2v) is 4.32. The van der Waals surface area contributed by atoms with Crippen LogP contribution in [0.3, 0.4) is 0 Å². The molecule has 74 valence electrons. The Bertz CT molecular complexity index is 200. The van der Waals surface area contributed by atoms with Crippen LogP contribution in [0.5, 0.6) is 0 Å². The molecule has 1 saturated carbocycles. The Morgan fingerprint density at radius 1 is 1.54 bits per heavy atom. The Morgan fingerprint density at radius 3 is 2.85 bits per heavy atom. The Balaban J connectivity index is 2.69. The number of aldehydes is 1. The van der Waals surface area contributed by atoms with E-state index in [-0.39, 0.29) is 5.41 Å². The summed E-state index contributed by atoms with van der Waals surface area (Å²) >= 11 is 5.49. The van der Waals surface area contributed by atoms with Crippen LogP contribution in [0.25, 0.3) is 0 Å². The fourth-order valence-corrected chi connectivity index (χ4v) is 2.32. The lowest BCUT2D eigenvalue weighted by Crippen LogP contribution is -2.33. The van der Waals surface area contributed by atoms with Crippen molar-refractivity contribution < 1.29 is 4.79 Å². The summed E-state index contributed by atoms with van der Waals surface area (Å²) < 4.78 is 0. The molecule has 0 aromatic heterocycles. The van der Waals surface area contributed by atoms with Gasteiger partial charge in [-0.05, 0) is 25.2 Å². The Morgan fingerprint density at radius 2 is 2.31 bits per heavy atom. The average molecular weight is 201 g/mol. The molecule has 0 aromatic carbocycles. The molecule has 2 unspecified atom stereocenters. The van der Waals surface area contributed by atoms with Gasteiger partial charge in [-0.1, -0.05) is 37.4 Å². The van der Waals surface area contributed by atoms with E-state index >= 15 is 0 Å². The molecule has 2 heteroatoms. The number of hydrogen-bond acceptors (Lipinski definition) is 1. The molecular formula is C11H17ClO. The fourth-order valence-electron chi connectivity index (χ4n) is 2.23. The second-order valence-electron chi connectivity index (χ2n) is 4.06. The highest BCUT2D eigenvalue weighted by atomic mass is 35.5. The zero-order valence-corrected chi connectivity index (χ0v) is 8.89.